The van der Waals surface area contributed by atoms with E-state index in [0.717, 1.165) is 31.4 Å². The van der Waals surface area contributed by atoms with Crippen LogP contribution in [0.5, 0.6) is 0 Å². The number of carbonyl (C=O) groups is 2. The van der Waals surface area contributed by atoms with E-state index in [2.05, 4.69) is 29.2 Å². The molecule has 1 unspecified atom stereocenters. The third kappa shape index (κ3) is 5.03. The molecule has 27 heavy (non-hydrogen) atoms. The van der Waals surface area contributed by atoms with Gasteiger partial charge in [0.1, 0.15) is 5.92 Å². The molecule has 2 aromatic rings. The molecule has 1 aromatic carbocycles. The van der Waals surface area contributed by atoms with Gasteiger partial charge in [0.25, 0.3) is 0 Å². The first-order valence-electron chi connectivity index (χ1n) is 9.84. The number of Topliss-reactive ketones (excluding diaryl/α,β-unsaturated/α-hetero) is 1. The molecule has 1 fully saturated rings. The molecule has 1 aromatic heterocycles. The van der Waals surface area contributed by atoms with Crippen LogP contribution in [0.15, 0.2) is 54.7 Å². The molecule has 4 heteroatoms. The van der Waals surface area contributed by atoms with E-state index in [9.17, 15) is 9.59 Å². The number of carbonyl (C=O) groups excluding carboxylic acids is 2. The van der Waals surface area contributed by atoms with Crippen LogP contribution in [-0.4, -0.2) is 23.3 Å². The van der Waals surface area contributed by atoms with E-state index in [1.807, 2.05) is 24.3 Å². The molecule has 0 bridgehead atoms. The molecule has 0 saturated heterocycles. The number of ketones is 1. The van der Waals surface area contributed by atoms with Crippen LogP contribution in [-0.2, 0) is 20.7 Å². The Labute approximate surface area is 161 Å². The Hall–Kier alpha value is -2.49. The topological polar surface area (TPSA) is 56.3 Å². The number of nitrogens with zero attached hydrogens (tertiary/aromatic N) is 1. The van der Waals surface area contributed by atoms with Crippen molar-refractivity contribution in [3.63, 3.8) is 0 Å². The smallest absolute Gasteiger partial charge is 0.316 e. The first-order chi connectivity index (χ1) is 13.2. The highest BCUT2D eigenvalue weighted by molar-refractivity contribution is 6.00. The molecular weight excluding hydrogens is 338 g/mol. The van der Waals surface area contributed by atoms with E-state index in [4.69, 9.17) is 4.74 Å². The molecule has 1 atom stereocenters. The fourth-order valence-corrected chi connectivity index (χ4v) is 3.99. The fourth-order valence-electron chi connectivity index (χ4n) is 3.99. The molecule has 0 radical (unpaired) electrons. The van der Waals surface area contributed by atoms with Crippen molar-refractivity contribution in [1.82, 2.24) is 4.98 Å². The zero-order chi connectivity index (χ0) is 19.1. The van der Waals surface area contributed by atoms with Crippen LogP contribution in [0.25, 0.3) is 0 Å². The molecule has 142 valence electrons. The maximum Gasteiger partial charge on any atom is 0.316 e. The van der Waals surface area contributed by atoms with Crippen molar-refractivity contribution < 1.29 is 14.3 Å². The number of hydrogen-bond donors (Lipinski definition) is 0. The van der Waals surface area contributed by atoms with Gasteiger partial charge in [-0.15, -0.1) is 0 Å². The summed E-state index contributed by atoms with van der Waals surface area (Å²) in [6.07, 6.45) is 5.64. The predicted molar refractivity (Wildman–Crippen MR) is 104 cm³/mol. The van der Waals surface area contributed by atoms with Crippen LogP contribution < -0.4 is 0 Å². The van der Waals surface area contributed by atoms with Crippen molar-refractivity contribution in [2.24, 2.45) is 11.8 Å². The molecule has 0 N–H and O–H groups in total. The van der Waals surface area contributed by atoms with Gasteiger partial charge in [0.15, 0.2) is 5.78 Å². The summed E-state index contributed by atoms with van der Waals surface area (Å²) in [6, 6.07) is 16.0. The number of benzene rings is 1. The van der Waals surface area contributed by atoms with Crippen molar-refractivity contribution in [3.8, 4) is 0 Å². The van der Waals surface area contributed by atoms with Gasteiger partial charge >= 0.3 is 5.97 Å². The first kappa shape index (κ1) is 19.3. The summed E-state index contributed by atoms with van der Waals surface area (Å²) in [7, 11) is 0. The molecule has 0 aliphatic heterocycles. The second-order valence-electron chi connectivity index (χ2n) is 7.19. The Bertz CT molecular complexity index is 737. The molecule has 1 heterocycles. The second kappa shape index (κ2) is 9.45. The lowest BCUT2D eigenvalue weighted by Crippen LogP contribution is -2.34. The Morgan fingerprint density at radius 1 is 1.04 bits per heavy atom. The molecule has 1 aliphatic carbocycles. The number of aromatic nitrogens is 1. The lowest BCUT2D eigenvalue weighted by Gasteiger charge is -2.29. The van der Waals surface area contributed by atoms with Gasteiger partial charge in [0.2, 0.25) is 0 Å². The Morgan fingerprint density at radius 3 is 2.37 bits per heavy atom. The van der Waals surface area contributed by atoms with Crippen LogP contribution in [0.3, 0.4) is 0 Å². The number of esters is 1. The van der Waals surface area contributed by atoms with Crippen LogP contribution in [0.4, 0.5) is 0 Å². The van der Waals surface area contributed by atoms with Crippen molar-refractivity contribution in [3.05, 3.63) is 66.0 Å². The quantitative estimate of drug-likeness (QED) is 0.541. The van der Waals surface area contributed by atoms with Crippen molar-refractivity contribution >= 4 is 11.8 Å². The predicted octanol–water partition coefficient (Wildman–Crippen LogP) is 4.35. The second-order valence-corrected chi connectivity index (χ2v) is 7.19. The minimum absolute atomic E-state index is 0.0191. The molecule has 4 nitrogen and oxygen atoms in total. The van der Waals surface area contributed by atoms with E-state index in [-0.39, 0.29) is 18.3 Å². The summed E-state index contributed by atoms with van der Waals surface area (Å²) in [5.41, 5.74) is 2.10. The van der Waals surface area contributed by atoms with E-state index >= 15 is 0 Å². The summed E-state index contributed by atoms with van der Waals surface area (Å²) >= 11 is 0. The summed E-state index contributed by atoms with van der Waals surface area (Å²) in [6.45, 7) is 2.05. The van der Waals surface area contributed by atoms with Gasteiger partial charge in [-0.3, -0.25) is 14.6 Å². The molecule has 1 aliphatic rings. The SMILES string of the molecule is CCOC(=O)C(Cc1ccccn1)C(=O)C1CCC(c2ccccc2)CC1. The summed E-state index contributed by atoms with van der Waals surface area (Å²) in [5.74, 6) is -0.711. The van der Waals surface area contributed by atoms with Gasteiger partial charge in [-0.1, -0.05) is 36.4 Å². The van der Waals surface area contributed by atoms with Crippen LogP contribution >= 0.6 is 0 Å². The third-order valence-electron chi connectivity index (χ3n) is 5.45. The first-order valence-corrected chi connectivity index (χ1v) is 9.84. The molecular formula is C23H27NO3. The van der Waals surface area contributed by atoms with Crippen molar-refractivity contribution in [1.29, 1.82) is 0 Å². The Balaban J connectivity index is 1.66. The lowest BCUT2D eigenvalue weighted by molar-refractivity contribution is -0.152. The highest BCUT2D eigenvalue weighted by Crippen LogP contribution is 2.37. The summed E-state index contributed by atoms with van der Waals surface area (Å²) in [4.78, 5) is 29.9. The maximum atomic E-state index is 13.1. The molecule has 0 amide bonds. The monoisotopic (exact) mass is 365 g/mol. The minimum atomic E-state index is -0.752. The van der Waals surface area contributed by atoms with Crippen LogP contribution in [0, 0.1) is 11.8 Å². The van der Waals surface area contributed by atoms with Crippen molar-refractivity contribution in [2.45, 2.75) is 44.9 Å². The van der Waals surface area contributed by atoms with Gasteiger partial charge in [-0.2, -0.15) is 0 Å². The lowest BCUT2D eigenvalue weighted by atomic mass is 9.74. The standard InChI is InChI=1S/C23H27NO3/c1-2-27-23(26)21(16-20-10-6-7-15-24-20)22(25)19-13-11-18(12-14-19)17-8-4-3-5-9-17/h3-10,15,18-19,21H,2,11-14,16H2,1H3. The Morgan fingerprint density at radius 2 is 1.74 bits per heavy atom. The number of ether oxygens (including phenoxy) is 1. The summed E-state index contributed by atoms with van der Waals surface area (Å²) < 4.78 is 5.19. The average molecular weight is 365 g/mol. The fraction of sp³-hybridized carbons (Fsp3) is 0.435. The van der Waals surface area contributed by atoms with Crippen molar-refractivity contribution in [2.75, 3.05) is 6.61 Å². The zero-order valence-corrected chi connectivity index (χ0v) is 15.8. The van der Waals surface area contributed by atoms with Crippen LogP contribution in [0.1, 0.15) is 49.8 Å². The zero-order valence-electron chi connectivity index (χ0n) is 15.8. The van der Waals surface area contributed by atoms with Crippen LogP contribution in [0.2, 0.25) is 0 Å². The minimum Gasteiger partial charge on any atom is -0.465 e. The highest BCUT2D eigenvalue weighted by atomic mass is 16.5. The molecule has 3 rings (SSSR count). The van der Waals surface area contributed by atoms with E-state index in [0.29, 0.717) is 12.3 Å². The number of rotatable bonds is 7. The van der Waals surface area contributed by atoms with Gasteiger partial charge in [0, 0.05) is 24.2 Å². The molecule has 1 saturated carbocycles. The number of pyridine rings is 1. The molecule has 0 spiro atoms. The average Bonchev–Trinajstić information content (AvgIpc) is 2.73. The van der Waals surface area contributed by atoms with E-state index in [1.165, 1.54) is 5.56 Å². The highest BCUT2D eigenvalue weighted by Gasteiger charge is 2.36. The van der Waals surface area contributed by atoms with Gasteiger partial charge in [0.05, 0.1) is 6.61 Å². The summed E-state index contributed by atoms with van der Waals surface area (Å²) in [5, 5.41) is 0. The largest absolute Gasteiger partial charge is 0.465 e. The van der Waals surface area contributed by atoms with Gasteiger partial charge in [-0.05, 0) is 56.2 Å². The number of hydrogen-bond acceptors (Lipinski definition) is 4. The third-order valence-corrected chi connectivity index (χ3v) is 5.45. The maximum absolute atomic E-state index is 13.1. The van der Waals surface area contributed by atoms with Gasteiger partial charge < -0.3 is 4.74 Å². The normalized spacial score (nSPS) is 20.6. The van der Waals surface area contributed by atoms with Gasteiger partial charge in [-0.25, -0.2) is 0 Å². The Kier molecular flexibility index (Phi) is 6.74. The van der Waals surface area contributed by atoms with E-state index < -0.39 is 11.9 Å². The van der Waals surface area contributed by atoms with E-state index in [1.54, 1.807) is 13.1 Å².